The molecular formula is C11H21BBrClO2. The zero-order valence-corrected chi connectivity index (χ0v) is 12.8. The van der Waals surface area contributed by atoms with Crippen LogP contribution in [0.3, 0.4) is 0 Å². The van der Waals surface area contributed by atoms with E-state index in [0.717, 1.165) is 17.3 Å². The van der Waals surface area contributed by atoms with Crippen LogP contribution in [-0.2, 0) is 9.31 Å². The Bertz CT molecular complexity index is 200. The first-order valence-corrected chi connectivity index (χ1v) is 7.01. The number of hydrogen-bond donors (Lipinski definition) is 0. The third-order valence-corrected chi connectivity index (χ3v) is 2.61. The van der Waals surface area contributed by atoms with Gasteiger partial charge in [-0.2, -0.15) is 0 Å². The molecule has 0 aromatic heterocycles. The van der Waals surface area contributed by atoms with Crippen LogP contribution in [0, 0.1) is 0 Å². The molecule has 0 aromatic carbocycles. The predicted octanol–water partition coefficient (Wildman–Crippen LogP) is 4.16. The van der Waals surface area contributed by atoms with Gasteiger partial charge >= 0.3 is 7.12 Å². The zero-order chi connectivity index (χ0) is 12.6. The van der Waals surface area contributed by atoms with Gasteiger partial charge in [0.25, 0.3) is 0 Å². The molecule has 0 radical (unpaired) electrons. The number of rotatable bonds is 8. The van der Waals surface area contributed by atoms with Crippen LogP contribution in [0.25, 0.3) is 0 Å². The van der Waals surface area contributed by atoms with Crippen LogP contribution < -0.4 is 0 Å². The largest absolute Gasteiger partial charge is 0.487 e. The topological polar surface area (TPSA) is 18.5 Å². The van der Waals surface area contributed by atoms with Crippen LogP contribution >= 0.6 is 27.5 Å². The molecule has 0 rings (SSSR count). The Morgan fingerprint density at radius 2 is 1.75 bits per heavy atom. The van der Waals surface area contributed by atoms with E-state index in [1.54, 1.807) is 0 Å². The third-order valence-electron chi connectivity index (χ3n) is 1.68. The van der Waals surface area contributed by atoms with Crippen molar-refractivity contribution in [1.82, 2.24) is 0 Å². The lowest BCUT2D eigenvalue weighted by Crippen LogP contribution is -2.28. The highest BCUT2D eigenvalue weighted by Gasteiger charge is 2.19. The third kappa shape index (κ3) is 9.70. The quantitative estimate of drug-likeness (QED) is 0.495. The minimum Gasteiger partial charge on any atom is -0.405 e. The van der Waals surface area contributed by atoms with Crippen LogP contribution in [0.15, 0.2) is 10.5 Å². The maximum absolute atomic E-state index is 5.65. The lowest BCUT2D eigenvalue weighted by molar-refractivity contribution is 0.138. The molecule has 94 valence electrons. The molecule has 16 heavy (non-hydrogen) atoms. The molecule has 0 unspecified atom stereocenters. The second-order valence-corrected chi connectivity index (χ2v) is 5.54. The van der Waals surface area contributed by atoms with Crippen LogP contribution in [-0.4, -0.2) is 25.2 Å². The lowest BCUT2D eigenvalue weighted by Gasteiger charge is -2.17. The second kappa shape index (κ2) is 9.52. The Hall–Kier alpha value is 0.495. The van der Waals surface area contributed by atoms with E-state index in [1.807, 2.05) is 33.7 Å². The second-order valence-electron chi connectivity index (χ2n) is 4.14. The molecule has 5 heteroatoms. The van der Waals surface area contributed by atoms with E-state index >= 15 is 0 Å². The summed E-state index contributed by atoms with van der Waals surface area (Å²) in [5, 5.41) is 0. The molecule has 0 atom stereocenters. The summed E-state index contributed by atoms with van der Waals surface area (Å²) in [7, 11) is -0.287. The van der Waals surface area contributed by atoms with Gasteiger partial charge in [0, 0.05) is 18.1 Å². The van der Waals surface area contributed by atoms with Gasteiger partial charge in [0.1, 0.15) is 0 Å². The van der Waals surface area contributed by atoms with Gasteiger partial charge in [-0.3, -0.25) is 0 Å². The summed E-state index contributed by atoms with van der Waals surface area (Å²) in [4.78, 5) is 0. The Kier molecular flexibility index (Phi) is 9.81. The Labute approximate surface area is 113 Å². The van der Waals surface area contributed by atoms with E-state index in [-0.39, 0.29) is 19.3 Å². The normalized spacial score (nSPS) is 12.6. The Morgan fingerprint density at radius 1 is 1.25 bits per heavy atom. The van der Waals surface area contributed by atoms with Crippen molar-refractivity contribution in [3.05, 3.63) is 10.5 Å². The fraction of sp³-hybridized carbons (Fsp3) is 0.818. The van der Waals surface area contributed by atoms with Gasteiger partial charge in [-0.15, -0.1) is 11.6 Å². The van der Waals surface area contributed by atoms with Crippen molar-refractivity contribution in [2.75, 3.05) is 5.88 Å². The van der Waals surface area contributed by atoms with E-state index in [9.17, 15) is 0 Å². The van der Waals surface area contributed by atoms with Gasteiger partial charge < -0.3 is 9.31 Å². The molecule has 0 aliphatic heterocycles. The van der Waals surface area contributed by atoms with Crippen molar-refractivity contribution in [2.24, 2.45) is 0 Å². The molecule has 0 saturated heterocycles. The summed E-state index contributed by atoms with van der Waals surface area (Å²) in [6, 6.07) is 0. The first-order chi connectivity index (χ1) is 7.45. The summed E-state index contributed by atoms with van der Waals surface area (Å²) in [6.45, 7) is 7.99. The minimum absolute atomic E-state index is 0.147. The van der Waals surface area contributed by atoms with E-state index in [0.29, 0.717) is 5.88 Å². The van der Waals surface area contributed by atoms with Crippen LogP contribution in [0.4, 0.5) is 0 Å². The molecular weight excluding hydrogens is 290 g/mol. The fourth-order valence-corrected chi connectivity index (χ4v) is 1.74. The number of allylic oxidation sites excluding steroid dienone is 1. The van der Waals surface area contributed by atoms with E-state index in [4.69, 9.17) is 20.9 Å². The standard InChI is InChI=1S/C11H21BBrClO2/c1-9(2)15-12(16-10(3)4)8-11(13)6-5-7-14/h8-10H,5-7H2,1-4H3/b11-8-. The van der Waals surface area contributed by atoms with Gasteiger partial charge in [0.15, 0.2) is 0 Å². The predicted molar refractivity (Wildman–Crippen MR) is 75.2 cm³/mol. The van der Waals surface area contributed by atoms with Crippen molar-refractivity contribution in [1.29, 1.82) is 0 Å². The molecule has 0 bridgehead atoms. The van der Waals surface area contributed by atoms with Crippen molar-refractivity contribution < 1.29 is 9.31 Å². The van der Waals surface area contributed by atoms with Crippen LogP contribution in [0.2, 0.25) is 0 Å². The first kappa shape index (κ1) is 16.5. The molecule has 2 nitrogen and oxygen atoms in total. The minimum atomic E-state index is -0.287. The molecule has 0 aliphatic rings. The van der Waals surface area contributed by atoms with Crippen molar-refractivity contribution in [2.45, 2.75) is 52.7 Å². The number of hydrogen-bond acceptors (Lipinski definition) is 2. The molecule has 0 saturated carbocycles. The van der Waals surface area contributed by atoms with Crippen LogP contribution in [0.5, 0.6) is 0 Å². The molecule has 0 aliphatic carbocycles. The first-order valence-electron chi connectivity index (χ1n) is 5.68. The molecule has 0 fully saturated rings. The van der Waals surface area contributed by atoms with E-state index in [2.05, 4.69) is 15.9 Å². The molecule has 0 amide bonds. The van der Waals surface area contributed by atoms with Gasteiger partial charge in [0.2, 0.25) is 0 Å². The average Bonchev–Trinajstić information content (AvgIpc) is 2.12. The maximum atomic E-state index is 5.65. The smallest absolute Gasteiger partial charge is 0.405 e. The maximum Gasteiger partial charge on any atom is 0.487 e. The summed E-state index contributed by atoms with van der Waals surface area (Å²) < 4.78 is 12.4. The van der Waals surface area contributed by atoms with Gasteiger partial charge in [0.05, 0.1) is 0 Å². The highest BCUT2D eigenvalue weighted by atomic mass is 79.9. The van der Waals surface area contributed by atoms with Gasteiger partial charge in [-0.1, -0.05) is 15.9 Å². The van der Waals surface area contributed by atoms with Crippen molar-refractivity contribution >= 4 is 34.6 Å². The van der Waals surface area contributed by atoms with E-state index < -0.39 is 0 Å². The van der Waals surface area contributed by atoms with Crippen molar-refractivity contribution in [3.63, 3.8) is 0 Å². The van der Waals surface area contributed by atoms with Gasteiger partial charge in [-0.05, 0) is 51.0 Å². The summed E-state index contributed by atoms with van der Waals surface area (Å²) in [6.07, 6.45) is 2.17. The Balaban J connectivity index is 4.26. The van der Waals surface area contributed by atoms with E-state index in [1.165, 1.54) is 0 Å². The molecule has 0 N–H and O–H groups in total. The van der Waals surface area contributed by atoms with Crippen molar-refractivity contribution in [3.8, 4) is 0 Å². The summed E-state index contributed by atoms with van der Waals surface area (Å²) in [5.41, 5.74) is 0. The fourth-order valence-electron chi connectivity index (χ4n) is 1.11. The molecule has 0 aromatic rings. The number of alkyl halides is 1. The highest BCUT2D eigenvalue weighted by molar-refractivity contribution is 9.11. The highest BCUT2D eigenvalue weighted by Crippen LogP contribution is 2.15. The number of halogens is 2. The SMILES string of the molecule is CC(C)OB(/C=C(\Br)CCCCl)OC(C)C. The Morgan fingerprint density at radius 3 is 2.12 bits per heavy atom. The monoisotopic (exact) mass is 310 g/mol. The van der Waals surface area contributed by atoms with Crippen LogP contribution in [0.1, 0.15) is 40.5 Å². The molecule has 0 spiro atoms. The zero-order valence-electron chi connectivity index (χ0n) is 10.5. The van der Waals surface area contributed by atoms with Gasteiger partial charge in [-0.25, -0.2) is 0 Å². The molecule has 0 heterocycles. The lowest BCUT2D eigenvalue weighted by atomic mass is 9.88. The average molecular weight is 311 g/mol. The summed E-state index contributed by atoms with van der Waals surface area (Å²) >= 11 is 9.14. The summed E-state index contributed by atoms with van der Waals surface area (Å²) in [5.74, 6) is 2.64.